The summed E-state index contributed by atoms with van der Waals surface area (Å²) >= 11 is 0. The SMILES string of the molecule is COc1cc(CN2CCCC2c2cccc(C)n2)c([N+](=O)[O-])cc1O. The number of nitro benzene ring substituents is 1. The van der Waals surface area contributed by atoms with E-state index in [0.717, 1.165) is 36.8 Å². The number of ether oxygens (including phenoxy) is 1. The smallest absolute Gasteiger partial charge is 0.277 e. The van der Waals surface area contributed by atoms with Crippen molar-refractivity contribution in [2.45, 2.75) is 32.4 Å². The third-order valence-electron chi connectivity index (χ3n) is 4.57. The van der Waals surface area contributed by atoms with Gasteiger partial charge in [0.15, 0.2) is 11.5 Å². The second-order valence-corrected chi connectivity index (χ2v) is 6.24. The van der Waals surface area contributed by atoms with Crippen molar-refractivity contribution in [3.63, 3.8) is 0 Å². The lowest BCUT2D eigenvalue weighted by Gasteiger charge is -2.24. The Balaban J connectivity index is 1.91. The predicted molar refractivity (Wildman–Crippen MR) is 92.7 cm³/mol. The quantitative estimate of drug-likeness (QED) is 0.661. The van der Waals surface area contributed by atoms with E-state index in [-0.39, 0.29) is 23.2 Å². The number of rotatable bonds is 5. The highest BCUT2D eigenvalue weighted by atomic mass is 16.6. The molecule has 0 amide bonds. The number of hydrogen-bond acceptors (Lipinski definition) is 6. The van der Waals surface area contributed by atoms with Gasteiger partial charge in [-0.15, -0.1) is 0 Å². The van der Waals surface area contributed by atoms with E-state index in [2.05, 4.69) is 9.88 Å². The fourth-order valence-corrected chi connectivity index (χ4v) is 3.38. The Morgan fingerprint density at radius 1 is 1.44 bits per heavy atom. The molecule has 1 fully saturated rings. The highest BCUT2D eigenvalue weighted by Gasteiger charge is 2.29. The Morgan fingerprint density at radius 2 is 2.24 bits per heavy atom. The number of pyridine rings is 1. The summed E-state index contributed by atoms with van der Waals surface area (Å²) in [5.41, 5.74) is 2.38. The Bertz CT molecular complexity index is 794. The summed E-state index contributed by atoms with van der Waals surface area (Å²) in [7, 11) is 1.43. The molecule has 1 aromatic heterocycles. The minimum absolute atomic E-state index is 0.0962. The van der Waals surface area contributed by atoms with Gasteiger partial charge in [-0.3, -0.25) is 20.0 Å². The van der Waals surface area contributed by atoms with Crippen molar-refractivity contribution in [1.29, 1.82) is 0 Å². The molecule has 0 aliphatic carbocycles. The molecule has 1 atom stereocenters. The molecular weight excluding hydrogens is 322 g/mol. The molecular formula is C18H21N3O4. The van der Waals surface area contributed by atoms with E-state index >= 15 is 0 Å². The molecule has 1 saturated heterocycles. The van der Waals surface area contributed by atoms with Crippen molar-refractivity contribution in [3.8, 4) is 11.5 Å². The Morgan fingerprint density at radius 3 is 2.92 bits per heavy atom. The van der Waals surface area contributed by atoms with E-state index in [9.17, 15) is 15.2 Å². The molecule has 132 valence electrons. The van der Waals surface area contributed by atoms with Gasteiger partial charge in [0.2, 0.25) is 0 Å². The van der Waals surface area contributed by atoms with E-state index in [1.54, 1.807) is 6.07 Å². The normalized spacial score (nSPS) is 17.6. The van der Waals surface area contributed by atoms with Gasteiger partial charge in [0.1, 0.15) is 0 Å². The standard InChI is InChI=1S/C18H21N3O4/c1-12-5-3-6-14(19-12)15-7-4-8-20(15)11-13-9-18(25-2)17(22)10-16(13)21(23)24/h3,5-6,9-10,15,22H,4,7-8,11H2,1-2H3. The molecule has 1 aliphatic rings. The van der Waals surface area contributed by atoms with Gasteiger partial charge >= 0.3 is 0 Å². The van der Waals surface area contributed by atoms with Crippen LogP contribution in [0.3, 0.4) is 0 Å². The van der Waals surface area contributed by atoms with Crippen LogP contribution in [0.2, 0.25) is 0 Å². The lowest BCUT2D eigenvalue weighted by molar-refractivity contribution is -0.385. The first-order valence-electron chi connectivity index (χ1n) is 8.21. The summed E-state index contributed by atoms with van der Waals surface area (Å²) in [4.78, 5) is 17.7. The lowest BCUT2D eigenvalue weighted by atomic mass is 10.1. The van der Waals surface area contributed by atoms with Crippen molar-refractivity contribution in [1.82, 2.24) is 9.88 Å². The summed E-state index contributed by atoms with van der Waals surface area (Å²) in [6, 6.07) is 8.79. The number of aromatic hydroxyl groups is 1. The van der Waals surface area contributed by atoms with E-state index < -0.39 is 4.92 Å². The molecule has 0 bridgehead atoms. The highest BCUT2D eigenvalue weighted by Crippen LogP contribution is 2.37. The van der Waals surface area contributed by atoms with Crippen LogP contribution in [0.5, 0.6) is 11.5 Å². The van der Waals surface area contributed by atoms with Crippen LogP contribution >= 0.6 is 0 Å². The van der Waals surface area contributed by atoms with Crippen LogP contribution in [-0.4, -0.2) is 33.6 Å². The van der Waals surface area contributed by atoms with Gasteiger partial charge in [-0.1, -0.05) is 6.07 Å². The largest absolute Gasteiger partial charge is 0.504 e. The molecule has 1 aliphatic heterocycles. The maximum absolute atomic E-state index is 11.4. The number of methoxy groups -OCH3 is 1. The van der Waals surface area contributed by atoms with Crippen molar-refractivity contribution >= 4 is 5.69 Å². The molecule has 3 rings (SSSR count). The molecule has 1 N–H and O–H groups in total. The van der Waals surface area contributed by atoms with Crippen LogP contribution in [0.1, 0.15) is 35.8 Å². The molecule has 1 unspecified atom stereocenters. The van der Waals surface area contributed by atoms with Crippen LogP contribution < -0.4 is 4.74 Å². The van der Waals surface area contributed by atoms with Crippen LogP contribution in [0.4, 0.5) is 5.69 Å². The topological polar surface area (TPSA) is 88.7 Å². The van der Waals surface area contributed by atoms with Crippen LogP contribution in [0, 0.1) is 17.0 Å². The van der Waals surface area contributed by atoms with E-state index in [4.69, 9.17) is 4.74 Å². The van der Waals surface area contributed by atoms with Crippen LogP contribution in [-0.2, 0) is 6.54 Å². The molecule has 2 heterocycles. The fraction of sp³-hybridized carbons (Fsp3) is 0.389. The first kappa shape index (κ1) is 17.2. The summed E-state index contributed by atoms with van der Waals surface area (Å²) in [5, 5.41) is 21.2. The predicted octanol–water partition coefficient (Wildman–Crippen LogP) is 3.35. The number of nitrogens with zero attached hydrogens (tertiary/aromatic N) is 3. The fourth-order valence-electron chi connectivity index (χ4n) is 3.38. The summed E-state index contributed by atoms with van der Waals surface area (Å²) in [5.74, 6) is 0.0151. The maximum Gasteiger partial charge on any atom is 0.277 e. The van der Waals surface area contributed by atoms with Gasteiger partial charge in [-0.25, -0.2) is 0 Å². The average Bonchev–Trinajstić information content (AvgIpc) is 3.04. The molecule has 0 saturated carbocycles. The first-order valence-corrected chi connectivity index (χ1v) is 8.21. The van der Waals surface area contributed by atoms with Crippen molar-refractivity contribution in [2.24, 2.45) is 0 Å². The number of hydrogen-bond donors (Lipinski definition) is 1. The number of aryl methyl sites for hydroxylation is 1. The average molecular weight is 343 g/mol. The Hall–Kier alpha value is -2.67. The molecule has 2 aromatic rings. The highest BCUT2D eigenvalue weighted by molar-refractivity contribution is 5.53. The maximum atomic E-state index is 11.4. The van der Waals surface area contributed by atoms with E-state index in [1.165, 1.54) is 7.11 Å². The number of phenols is 1. The van der Waals surface area contributed by atoms with Crippen molar-refractivity contribution < 1.29 is 14.8 Å². The minimum Gasteiger partial charge on any atom is -0.504 e. The number of aromatic nitrogens is 1. The zero-order valence-corrected chi connectivity index (χ0v) is 14.3. The van der Waals surface area contributed by atoms with Crippen molar-refractivity contribution in [2.75, 3.05) is 13.7 Å². The first-order chi connectivity index (χ1) is 12.0. The molecule has 25 heavy (non-hydrogen) atoms. The van der Waals surface area contributed by atoms with Crippen LogP contribution in [0.15, 0.2) is 30.3 Å². The third-order valence-corrected chi connectivity index (χ3v) is 4.57. The lowest BCUT2D eigenvalue weighted by Crippen LogP contribution is -2.24. The second-order valence-electron chi connectivity index (χ2n) is 6.24. The minimum atomic E-state index is -0.468. The number of phenolic OH excluding ortho intramolecular Hbond substituents is 1. The van der Waals surface area contributed by atoms with Gasteiger partial charge in [-0.05, 0) is 44.5 Å². The molecule has 7 nitrogen and oxygen atoms in total. The number of benzene rings is 1. The van der Waals surface area contributed by atoms with Crippen LogP contribution in [0.25, 0.3) is 0 Å². The molecule has 7 heteroatoms. The van der Waals surface area contributed by atoms with Gasteiger partial charge < -0.3 is 9.84 Å². The summed E-state index contributed by atoms with van der Waals surface area (Å²) in [6.07, 6.45) is 1.99. The second kappa shape index (κ2) is 7.06. The number of nitro groups is 1. The molecule has 0 radical (unpaired) electrons. The Kier molecular flexibility index (Phi) is 4.85. The third kappa shape index (κ3) is 3.56. The zero-order valence-electron chi connectivity index (χ0n) is 14.3. The van der Waals surface area contributed by atoms with E-state index in [0.29, 0.717) is 12.1 Å². The monoisotopic (exact) mass is 343 g/mol. The Labute approximate surface area is 146 Å². The van der Waals surface area contributed by atoms with Gasteiger partial charge in [-0.2, -0.15) is 0 Å². The molecule has 0 spiro atoms. The van der Waals surface area contributed by atoms with Gasteiger partial charge in [0.25, 0.3) is 5.69 Å². The van der Waals surface area contributed by atoms with E-state index in [1.807, 2.05) is 25.1 Å². The summed E-state index contributed by atoms with van der Waals surface area (Å²) < 4.78 is 5.11. The van der Waals surface area contributed by atoms with Gasteiger partial charge in [0, 0.05) is 17.8 Å². The van der Waals surface area contributed by atoms with Crippen molar-refractivity contribution in [3.05, 3.63) is 57.4 Å². The van der Waals surface area contributed by atoms with Gasteiger partial charge in [0.05, 0.1) is 29.8 Å². The zero-order chi connectivity index (χ0) is 18.0. The molecule has 1 aromatic carbocycles. The number of likely N-dealkylation sites (tertiary alicyclic amines) is 1. The summed E-state index contributed by atoms with van der Waals surface area (Å²) in [6.45, 7) is 3.21.